The average molecular weight is 332 g/mol. The van der Waals surface area contributed by atoms with Crippen molar-refractivity contribution in [2.75, 3.05) is 0 Å². The van der Waals surface area contributed by atoms with Crippen LogP contribution in [-0.2, 0) is 13.0 Å². The van der Waals surface area contributed by atoms with E-state index in [-0.39, 0.29) is 5.56 Å². The minimum Gasteiger partial charge on any atom is -0.488 e. The monoisotopic (exact) mass is 332 g/mol. The molecule has 0 saturated carbocycles. The summed E-state index contributed by atoms with van der Waals surface area (Å²) in [4.78, 5) is 11.2. The lowest BCUT2D eigenvalue weighted by Crippen LogP contribution is -2.03. The van der Waals surface area contributed by atoms with Crippen molar-refractivity contribution in [3.63, 3.8) is 0 Å². The number of aryl methyl sites for hydroxylation is 1. The molecule has 0 unspecified atom stereocenters. The van der Waals surface area contributed by atoms with Crippen LogP contribution in [0.4, 0.5) is 0 Å². The fourth-order valence-electron chi connectivity index (χ4n) is 2.79. The van der Waals surface area contributed by atoms with Crippen LogP contribution in [0.25, 0.3) is 0 Å². The molecule has 1 N–H and O–H groups in total. The first-order chi connectivity index (χ1) is 12.1. The van der Waals surface area contributed by atoms with Crippen LogP contribution in [-0.4, -0.2) is 11.1 Å². The Morgan fingerprint density at radius 2 is 1.64 bits per heavy atom. The number of hydrogen-bond donors (Lipinski definition) is 1. The molecule has 0 aliphatic carbocycles. The van der Waals surface area contributed by atoms with Gasteiger partial charge in [0.15, 0.2) is 0 Å². The number of carboxylic acid groups (broad SMARTS) is 1. The molecular formula is C22H20O3. The largest absolute Gasteiger partial charge is 0.488 e. The van der Waals surface area contributed by atoms with Gasteiger partial charge in [-0.05, 0) is 47.7 Å². The van der Waals surface area contributed by atoms with E-state index in [1.54, 1.807) is 24.3 Å². The highest BCUT2D eigenvalue weighted by Crippen LogP contribution is 2.21. The SMILES string of the molecule is Cc1cc(COc2ccccc2C(=O)O)ccc1Cc1ccccc1. The first-order valence-electron chi connectivity index (χ1n) is 8.21. The lowest BCUT2D eigenvalue weighted by atomic mass is 9.99. The Labute approximate surface area is 147 Å². The molecule has 3 aromatic rings. The summed E-state index contributed by atoms with van der Waals surface area (Å²) in [5, 5.41) is 9.20. The number of hydrogen-bond acceptors (Lipinski definition) is 2. The van der Waals surface area contributed by atoms with Gasteiger partial charge in [0.25, 0.3) is 0 Å². The van der Waals surface area contributed by atoms with E-state index in [4.69, 9.17) is 4.74 Å². The van der Waals surface area contributed by atoms with Crippen LogP contribution in [0.2, 0.25) is 0 Å². The molecule has 3 heteroatoms. The number of benzene rings is 3. The maximum atomic E-state index is 11.2. The third-order valence-corrected chi connectivity index (χ3v) is 4.16. The van der Waals surface area contributed by atoms with Gasteiger partial charge >= 0.3 is 5.97 Å². The number of carboxylic acids is 1. The quantitative estimate of drug-likeness (QED) is 0.701. The van der Waals surface area contributed by atoms with Crippen molar-refractivity contribution in [1.29, 1.82) is 0 Å². The van der Waals surface area contributed by atoms with Crippen LogP contribution in [0.5, 0.6) is 5.75 Å². The minimum atomic E-state index is -0.981. The summed E-state index contributed by atoms with van der Waals surface area (Å²) >= 11 is 0. The van der Waals surface area contributed by atoms with Gasteiger partial charge in [-0.2, -0.15) is 0 Å². The van der Waals surface area contributed by atoms with Crippen molar-refractivity contribution in [3.05, 3.63) is 101 Å². The van der Waals surface area contributed by atoms with Crippen molar-refractivity contribution in [1.82, 2.24) is 0 Å². The highest BCUT2D eigenvalue weighted by molar-refractivity contribution is 5.90. The smallest absolute Gasteiger partial charge is 0.339 e. The molecule has 25 heavy (non-hydrogen) atoms. The van der Waals surface area contributed by atoms with Gasteiger partial charge in [0.05, 0.1) is 0 Å². The summed E-state index contributed by atoms with van der Waals surface area (Å²) < 4.78 is 5.72. The molecule has 0 bridgehead atoms. The van der Waals surface area contributed by atoms with Crippen LogP contribution in [0.1, 0.15) is 32.6 Å². The predicted octanol–water partition coefficient (Wildman–Crippen LogP) is 4.86. The van der Waals surface area contributed by atoms with E-state index >= 15 is 0 Å². The third-order valence-electron chi connectivity index (χ3n) is 4.16. The zero-order valence-electron chi connectivity index (χ0n) is 14.1. The van der Waals surface area contributed by atoms with Crippen LogP contribution in [0, 0.1) is 6.92 Å². The summed E-state index contributed by atoms with van der Waals surface area (Å²) in [6.07, 6.45) is 0.898. The van der Waals surface area contributed by atoms with Gasteiger partial charge in [0.2, 0.25) is 0 Å². The minimum absolute atomic E-state index is 0.180. The zero-order chi connectivity index (χ0) is 17.6. The number of para-hydroxylation sites is 1. The van der Waals surface area contributed by atoms with E-state index < -0.39 is 5.97 Å². The van der Waals surface area contributed by atoms with E-state index in [1.165, 1.54) is 16.7 Å². The molecule has 0 aliphatic heterocycles. The van der Waals surface area contributed by atoms with Gasteiger partial charge in [0.1, 0.15) is 17.9 Å². The van der Waals surface area contributed by atoms with Gasteiger partial charge in [-0.15, -0.1) is 0 Å². The molecule has 0 atom stereocenters. The molecule has 0 amide bonds. The summed E-state index contributed by atoms with van der Waals surface area (Å²) in [6, 6.07) is 23.3. The maximum absolute atomic E-state index is 11.2. The van der Waals surface area contributed by atoms with Gasteiger partial charge in [0, 0.05) is 0 Å². The number of carbonyl (C=O) groups is 1. The molecule has 3 nitrogen and oxygen atoms in total. The average Bonchev–Trinajstić information content (AvgIpc) is 2.63. The van der Waals surface area contributed by atoms with E-state index in [9.17, 15) is 9.90 Å². The van der Waals surface area contributed by atoms with Gasteiger partial charge in [-0.3, -0.25) is 0 Å². The van der Waals surface area contributed by atoms with E-state index in [0.29, 0.717) is 12.4 Å². The van der Waals surface area contributed by atoms with Gasteiger partial charge in [-0.25, -0.2) is 4.79 Å². The van der Waals surface area contributed by atoms with E-state index in [0.717, 1.165) is 12.0 Å². The molecule has 126 valence electrons. The fraction of sp³-hybridized carbons (Fsp3) is 0.136. The molecule has 3 aromatic carbocycles. The van der Waals surface area contributed by atoms with Crippen molar-refractivity contribution in [3.8, 4) is 5.75 Å². The summed E-state index contributed by atoms with van der Waals surface area (Å²) in [6.45, 7) is 2.43. The van der Waals surface area contributed by atoms with Crippen LogP contribution in [0.15, 0.2) is 72.8 Å². The van der Waals surface area contributed by atoms with Crippen LogP contribution in [0.3, 0.4) is 0 Å². The Bertz CT molecular complexity index is 869. The molecule has 0 aliphatic rings. The molecule has 0 radical (unpaired) electrons. The lowest BCUT2D eigenvalue weighted by molar-refractivity contribution is 0.0691. The first kappa shape index (κ1) is 16.8. The van der Waals surface area contributed by atoms with Gasteiger partial charge < -0.3 is 9.84 Å². The molecular weight excluding hydrogens is 312 g/mol. The van der Waals surface area contributed by atoms with Crippen molar-refractivity contribution in [2.45, 2.75) is 20.0 Å². The Morgan fingerprint density at radius 1 is 0.920 bits per heavy atom. The second-order valence-corrected chi connectivity index (χ2v) is 6.01. The zero-order valence-corrected chi connectivity index (χ0v) is 14.1. The van der Waals surface area contributed by atoms with Crippen molar-refractivity contribution < 1.29 is 14.6 Å². The molecule has 0 spiro atoms. The topological polar surface area (TPSA) is 46.5 Å². The molecule has 0 saturated heterocycles. The van der Waals surface area contributed by atoms with Crippen molar-refractivity contribution >= 4 is 5.97 Å². The second kappa shape index (κ2) is 7.67. The molecule has 0 heterocycles. The highest BCUT2D eigenvalue weighted by Gasteiger charge is 2.10. The Morgan fingerprint density at radius 3 is 2.36 bits per heavy atom. The van der Waals surface area contributed by atoms with E-state index in [2.05, 4.69) is 31.2 Å². The Hall–Kier alpha value is -3.07. The summed E-state index contributed by atoms with van der Waals surface area (Å²) in [7, 11) is 0. The van der Waals surface area contributed by atoms with E-state index in [1.807, 2.05) is 24.3 Å². The standard InChI is InChI=1S/C22H20O3/c1-16-13-18(11-12-19(16)14-17-7-3-2-4-8-17)15-25-21-10-6-5-9-20(21)22(23)24/h2-13H,14-15H2,1H3,(H,23,24). The Balaban J connectivity index is 1.70. The first-order valence-corrected chi connectivity index (χ1v) is 8.21. The number of aromatic carboxylic acids is 1. The maximum Gasteiger partial charge on any atom is 0.339 e. The molecule has 3 rings (SSSR count). The normalized spacial score (nSPS) is 10.4. The lowest BCUT2D eigenvalue weighted by Gasteiger charge is -2.11. The number of rotatable bonds is 6. The molecule has 0 fully saturated rings. The second-order valence-electron chi connectivity index (χ2n) is 6.01. The summed E-state index contributed by atoms with van der Waals surface area (Å²) in [5.74, 6) is -0.592. The fourth-order valence-corrected chi connectivity index (χ4v) is 2.79. The van der Waals surface area contributed by atoms with Gasteiger partial charge in [-0.1, -0.05) is 60.7 Å². The highest BCUT2D eigenvalue weighted by atomic mass is 16.5. The van der Waals surface area contributed by atoms with Crippen molar-refractivity contribution in [2.24, 2.45) is 0 Å². The predicted molar refractivity (Wildman–Crippen MR) is 98.2 cm³/mol. The Kier molecular flexibility index (Phi) is 5.14. The third kappa shape index (κ3) is 4.27. The molecule has 0 aromatic heterocycles. The van der Waals surface area contributed by atoms with Crippen LogP contribution < -0.4 is 4.74 Å². The van der Waals surface area contributed by atoms with Crippen LogP contribution >= 0.6 is 0 Å². The summed E-state index contributed by atoms with van der Waals surface area (Å²) in [5.41, 5.74) is 4.97. The number of ether oxygens (including phenoxy) is 1.